The zero-order valence-corrected chi connectivity index (χ0v) is 9.37. The Hall–Kier alpha value is -0.690. The Morgan fingerprint density at radius 1 is 1.47 bits per heavy atom. The second-order valence-electron chi connectivity index (χ2n) is 3.35. The van der Waals surface area contributed by atoms with Gasteiger partial charge in [0.25, 0.3) is 0 Å². The van der Waals surface area contributed by atoms with E-state index in [9.17, 15) is 0 Å². The van der Waals surface area contributed by atoms with E-state index in [0.717, 1.165) is 6.42 Å². The molecule has 2 N–H and O–H groups in total. The van der Waals surface area contributed by atoms with Gasteiger partial charge in [-0.3, -0.25) is 8.42 Å². The van der Waals surface area contributed by atoms with Gasteiger partial charge in [0.2, 0.25) is 0 Å². The van der Waals surface area contributed by atoms with Crippen LogP contribution in [0.3, 0.4) is 0 Å². The first kappa shape index (κ1) is 14.3. The van der Waals surface area contributed by atoms with E-state index in [0.29, 0.717) is 6.04 Å². The molecule has 0 aliphatic heterocycles. The molecule has 1 aliphatic carbocycles. The Balaban J connectivity index is 0.000000336. The fraction of sp³-hybridized carbons (Fsp3) is 0.556. The molecule has 0 aromatic rings. The first-order chi connectivity index (χ1) is 6.79. The van der Waals surface area contributed by atoms with Gasteiger partial charge in [-0.25, -0.2) is 0 Å². The second-order valence-corrected chi connectivity index (χ2v) is 4.16. The monoisotopic (exact) mass is 233 g/mol. The Labute approximate surface area is 90.3 Å². The predicted octanol–water partition coefficient (Wildman–Crippen LogP) is 0.662. The van der Waals surface area contributed by atoms with Crippen molar-refractivity contribution < 1.29 is 17.5 Å². The van der Waals surface area contributed by atoms with Crippen LogP contribution in [0.15, 0.2) is 23.8 Å². The Kier molecular flexibility index (Phi) is 6.42. The van der Waals surface area contributed by atoms with E-state index >= 15 is 0 Å². The molecule has 0 amide bonds. The lowest BCUT2D eigenvalue weighted by molar-refractivity contribution is 0.352. The molecule has 88 valence electrons. The summed E-state index contributed by atoms with van der Waals surface area (Å²) in [4.78, 5) is 0. The van der Waals surface area contributed by atoms with Crippen LogP contribution in [0.4, 0.5) is 0 Å². The van der Waals surface area contributed by atoms with Gasteiger partial charge in [0.15, 0.2) is 0 Å². The third-order valence-corrected chi connectivity index (χ3v) is 1.63. The molecular formula is C9H15NO4S-2. The smallest absolute Gasteiger partial charge is 0.0311 e. The van der Waals surface area contributed by atoms with E-state index in [1.807, 2.05) is 6.92 Å². The van der Waals surface area contributed by atoms with Crippen LogP contribution < -0.4 is 5.73 Å². The van der Waals surface area contributed by atoms with Crippen LogP contribution in [0.1, 0.15) is 26.2 Å². The maximum atomic E-state index is 8.52. The van der Waals surface area contributed by atoms with E-state index in [1.165, 1.54) is 18.4 Å². The summed E-state index contributed by atoms with van der Waals surface area (Å²) < 4.78 is 34.1. The topological polar surface area (TPSA) is 106 Å². The van der Waals surface area contributed by atoms with Gasteiger partial charge in [0, 0.05) is 16.4 Å². The summed E-state index contributed by atoms with van der Waals surface area (Å²) >= 11 is 0. The van der Waals surface area contributed by atoms with Crippen molar-refractivity contribution in [3.8, 4) is 0 Å². The lowest BCUT2D eigenvalue weighted by Gasteiger charge is -2.08. The van der Waals surface area contributed by atoms with E-state index in [4.69, 9.17) is 23.3 Å². The van der Waals surface area contributed by atoms with E-state index in [2.05, 4.69) is 18.2 Å². The quantitative estimate of drug-likeness (QED) is 0.557. The molecule has 0 fully saturated rings. The number of rotatable bonds is 2. The van der Waals surface area contributed by atoms with Crippen molar-refractivity contribution in [2.45, 2.75) is 32.2 Å². The van der Waals surface area contributed by atoms with Gasteiger partial charge in [-0.15, -0.1) is 0 Å². The summed E-state index contributed by atoms with van der Waals surface area (Å²) in [7, 11) is -5.17. The highest BCUT2D eigenvalue weighted by atomic mass is 32.3. The molecule has 1 aliphatic rings. The van der Waals surface area contributed by atoms with Crippen LogP contribution in [-0.2, 0) is 10.4 Å². The standard InChI is InChI=1S/C9H15N.H2O4S/c1-8(10)7-9-5-3-2-4-6-9;1-5(2,3)4/h3,5-6,8H,2,4,7,10H2,1H3;(H2,1,2,3,4)/p-2. The Morgan fingerprint density at radius 3 is 2.33 bits per heavy atom. The fourth-order valence-corrected chi connectivity index (χ4v) is 1.19. The number of hydrogen-bond acceptors (Lipinski definition) is 5. The van der Waals surface area contributed by atoms with Gasteiger partial charge < -0.3 is 14.8 Å². The first-order valence-corrected chi connectivity index (χ1v) is 5.90. The number of allylic oxidation sites excluding steroid dienone is 3. The molecule has 0 aromatic carbocycles. The molecule has 0 saturated heterocycles. The van der Waals surface area contributed by atoms with Crippen molar-refractivity contribution in [1.29, 1.82) is 0 Å². The predicted molar refractivity (Wildman–Crippen MR) is 55.2 cm³/mol. The highest BCUT2D eigenvalue weighted by Crippen LogP contribution is 2.13. The third kappa shape index (κ3) is 13.3. The van der Waals surface area contributed by atoms with Crippen molar-refractivity contribution in [2.24, 2.45) is 5.73 Å². The molecular weight excluding hydrogens is 218 g/mol. The van der Waals surface area contributed by atoms with Gasteiger partial charge in [-0.2, -0.15) is 0 Å². The van der Waals surface area contributed by atoms with Crippen molar-refractivity contribution in [1.82, 2.24) is 0 Å². The largest absolute Gasteiger partial charge is 0.759 e. The number of nitrogens with two attached hydrogens (primary N) is 1. The van der Waals surface area contributed by atoms with Crippen molar-refractivity contribution in [3.63, 3.8) is 0 Å². The summed E-state index contributed by atoms with van der Waals surface area (Å²) in [5.41, 5.74) is 7.05. The second kappa shape index (κ2) is 6.73. The average molecular weight is 233 g/mol. The molecule has 1 unspecified atom stereocenters. The SMILES string of the molecule is CC(N)CC1=CCCC=C1.O=S(=O)([O-])[O-]. The molecule has 15 heavy (non-hydrogen) atoms. The van der Waals surface area contributed by atoms with Gasteiger partial charge in [0.05, 0.1) is 0 Å². The molecule has 0 saturated carbocycles. The van der Waals surface area contributed by atoms with Crippen molar-refractivity contribution >= 4 is 10.4 Å². The highest BCUT2D eigenvalue weighted by Gasteiger charge is 1.99. The minimum absolute atomic E-state index is 0.300. The molecule has 5 nitrogen and oxygen atoms in total. The van der Waals surface area contributed by atoms with Gasteiger partial charge >= 0.3 is 0 Å². The first-order valence-electron chi connectivity index (χ1n) is 4.57. The van der Waals surface area contributed by atoms with Crippen LogP contribution in [0.2, 0.25) is 0 Å². The summed E-state index contributed by atoms with van der Waals surface area (Å²) in [6, 6.07) is 0.300. The van der Waals surface area contributed by atoms with E-state index in [1.54, 1.807) is 0 Å². The van der Waals surface area contributed by atoms with E-state index in [-0.39, 0.29) is 0 Å². The molecule has 6 heteroatoms. The zero-order chi connectivity index (χ0) is 11.9. The zero-order valence-electron chi connectivity index (χ0n) is 8.55. The maximum absolute atomic E-state index is 8.52. The van der Waals surface area contributed by atoms with Crippen LogP contribution in [0.5, 0.6) is 0 Å². The third-order valence-electron chi connectivity index (χ3n) is 1.63. The van der Waals surface area contributed by atoms with Crippen molar-refractivity contribution in [3.05, 3.63) is 23.8 Å². The van der Waals surface area contributed by atoms with Crippen molar-refractivity contribution in [2.75, 3.05) is 0 Å². The van der Waals surface area contributed by atoms with Gasteiger partial charge in [-0.05, 0) is 26.2 Å². The van der Waals surface area contributed by atoms with E-state index < -0.39 is 10.4 Å². The molecule has 1 rings (SSSR count). The minimum Gasteiger partial charge on any atom is -0.759 e. The van der Waals surface area contributed by atoms with Crippen LogP contribution in [0.25, 0.3) is 0 Å². The summed E-state index contributed by atoms with van der Waals surface area (Å²) in [5, 5.41) is 0. The lowest BCUT2D eigenvalue weighted by atomic mass is 10.0. The highest BCUT2D eigenvalue weighted by molar-refractivity contribution is 7.79. The summed E-state index contributed by atoms with van der Waals surface area (Å²) in [6.07, 6.45) is 10.1. The van der Waals surface area contributed by atoms with Crippen LogP contribution in [-0.4, -0.2) is 23.6 Å². The summed E-state index contributed by atoms with van der Waals surface area (Å²) in [6.45, 7) is 2.04. The van der Waals surface area contributed by atoms with Gasteiger partial charge in [0.1, 0.15) is 0 Å². The molecule has 0 heterocycles. The number of hydrogen-bond donors (Lipinski definition) is 1. The lowest BCUT2D eigenvalue weighted by Crippen LogP contribution is -2.15. The maximum Gasteiger partial charge on any atom is 0.0311 e. The molecule has 0 spiro atoms. The fourth-order valence-electron chi connectivity index (χ4n) is 1.19. The van der Waals surface area contributed by atoms with Crippen LogP contribution >= 0.6 is 0 Å². The normalized spacial score (nSPS) is 17.5. The Bertz CT molecular complexity index is 322. The average Bonchev–Trinajstić information content (AvgIpc) is 2.01. The molecule has 1 atom stereocenters. The minimum atomic E-state index is -5.17. The van der Waals surface area contributed by atoms with Gasteiger partial charge in [-0.1, -0.05) is 23.8 Å². The Morgan fingerprint density at radius 2 is 2.00 bits per heavy atom. The van der Waals surface area contributed by atoms with Crippen LogP contribution in [0, 0.1) is 0 Å². The summed E-state index contributed by atoms with van der Waals surface area (Å²) in [5.74, 6) is 0. The molecule has 0 aromatic heterocycles. The molecule has 0 radical (unpaired) electrons. The molecule has 0 bridgehead atoms.